The molecule has 1 aliphatic heterocycles. The highest BCUT2D eigenvalue weighted by molar-refractivity contribution is 7.88. The highest BCUT2D eigenvalue weighted by Crippen LogP contribution is 2.21. The second-order valence-electron chi connectivity index (χ2n) is 7.38. The topological polar surface area (TPSA) is 82.6 Å². The third-order valence-corrected chi connectivity index (χ3v) is 6.39. The standard InChI is InChI=1S/C21H28N4O3S/c1-29(27,28)25(16-19-9-5-12-22-15-19)20-10-6-14-24(17-20)21(26)23-13-11-18-7-3-2-4-8-18/h2-5,7-9,12,15,20H,6,10-11,13-14,16-17H2,1H3,(H,23,26). The number of nitrogens with one attached hydrogen (secondary N) is 1. The molecular weight excluding hydrogens is 388 g/mol. The van der Waals surface area contributed by atoms with Crippen molar-refractivity contribution in [1.82, 2.24) is 19.5 Å². The van der Waals surface area contributed by atoms with Crippen molar-refractivity contribution in [2.24, 2.45) is 0 Å². The molecule has 0 spiro atoms. The molecule has 1 aliphatic rings. The maximum absolute atomic E-state index is 12.6. The van der Waals surface area contributed by atoms with E-state index in [2.05, 4.69) is 10.3 Å². The number of nitrogens with zero attached hydrogens (tertiary/aromatic N) is 3. The summed E-state index contributed by atoms with van der Waals surface area (Å²) in [6.45, 7) is 1.85. The number of aromatic nitrogens is 1. The molecule has 29 heavy (non-hydrogen) atoms. The Morgan fingerprint density at radius 3 is 2.66 bits per heavy atom. The third-order valence-electron chi connectivity index (χ3n) is 5.11. The summed E-state index contributed by atoms with van der Waals surface area (Å²) >= 11 is 0. The second-order valence-corrected chi connectivity index (χ2v) is 9.31. The van der Waals surface area contributed by atoms with Gasteiger partial charge in [0.15, 0.2) is 0 Å². The minimum absolute atomic E-state index is 0.138. The Hall–Kier alpha value is -2.45. The van der Waals surface area contributed by atoms with Crippen molar-refractivity contribution in [3.8, 4) is 0 Å². The molecule has 1 aromatic heterocycles. The Kier molecular flexibility index (Phi) is 7.22. The number of benzene rings is 1. The van der Waals surface area contributed by atoms with E-state index in [9.17, 15) is 13.2 Å². The maximum Gasteiger partial charge on any atom is 0.317 e. The van der Waals surface area contributed by atoms with Crippen LogP contribution in [0.1, 0.15) is 24.0 Å². The van der Waals surface area contributed by atoms with Gasteiger partial charge < -0.3 is 10.2 Å². The molecule has 1 unspecified atom stereocenters. The normalized spacial score (nSPS) is 17.3. The van der Waals surface area contributed by atoms with E-state index in [1.807, 2.05) is 36.4 Å². The molecule has 0 radical (unpaired) electrons. The van der Waals surface area contributed by atoms with Crippen LogP contribution in [0.3, 0.4) is 0 Å². The number of hydrogen-bond donors (Lipinski definition) is 1. The van der Waals surface area contributed by atoms with Gasteiger partial charge in [0.05, 0.1) is 6.26 Å². The monoisotopic (exact) mass is 416 g/mol. The summed E-state index contributed by atoms with van der Waals surface area (Å²) in [5.74, 6) is 0. The van der Waals surface area contributed by atoms with E-state index in [0.717, 1.165) is 24.8 Å². The molecular formula is C21H28N4O3S. The van der Waals surface area contributed by atoms with Crippen LogP contribution in [-0.2, 0) is 23.0 Å². The number of sulfonamides is 1. The summed E-state index contributed by atoms with van der Waals surface area (Å²) in [4.78, 5) is 18.4. The first kappa shape index (κ1) is 21.3. The van der Waals surface area contributed by atoms with Crippen LogP contribution in [0.5, 0.6) is 0 Å². The van der Waals surface area contributed by atoms with Crippen LogP contribution >= 0.6 is 0 Å². The number of urea groups is 1. The highest BCUT2D eigenvalue weighted by atomic mass is 32.2. The number of carbonyl (C=O) groups is 1. The van der Waals surface area contributed by atoms with E-state index < -0.39 is 10.0 Å². The molecule has 2 amide bonds. The molecule has 1 atom stereocenters. The Morgan fingerprint density at radius 2 is 1.97 bits per heavy atom. The number of rotatable bonds is 7. The molecule has 2 heterocycles. The molecule has 0 saturated carbocycles. The van der Waals surface area contributed by atoms with E-state index >= 15 is 0 Å². The van der Waals surface area contributed by atoms with Gasteiger partial charge in [0.1, 0.15) is 0 Å². The fraction of sp³-hybridized carbons (Fsp3) is 0.429. The minimum Gasteiger partial charge on any atom is -0.338 e. The Morgan fingerprint density at radius 1 is 1.21 bits per heavy atom. The number of amides is 2. The number of pyridine rings is 1. The number of likely N-dealkylation sites (tertiary alicyclic amines) is 1. The maximum atomic E-state index is 12.6. The zero-order valence-electron chi connectivity index (χ0n) is 16.7. The minimum atomic E-state index is -3.42. The molecule has 1 N–H and O–H groups in total. The Bertz CT molecular complexity index is 891. The molecule has 7 nitrogen and oxygen atoms in total. The summed E-state index contributed by atoms with van der Waals surface area (Å²) in [6.07, 6.45) is 6.84. The lowest BCUT2D eigenvalue weighted by molar-refractivity contribution is 0.148. The average molecular weight is 417 g/mol. The fourth-order valence-electron chi connectivity index (χ4n) is 3.63. The van der Waals surface area contributed by atoms with Gasteiger partial charge in [0.25, 0.3) is 0 Å². The van der Waals surface area contributed by atoms with Crippen molar-refractivity contribution in [1.29, 1.82) is 0 Å². The van der Waals surface area contributed by atoms with E-state index in [0.29, 0.717) is 19.6 Å². The summed E-state index contributed by atoms with van der Waals surface area (Å²) in [6, 6.07) is 13.3. The lowest BCUT2D eigenvalue weighted by Gasteiger charge is -2.38. The number of hydrogen-bond acceptors (Lipinski definition) is 4. The SMILES string of the molecule is CS(=O)(=O)N(Cc1cccnc1)C1CCCN(C(=O)NCCc2ccccc2)C1. The van der Waals surface area contributed by atoms with Gasteiger partial charge in [-0.3, -0.25) is 4.98 Å². The van der Waals surface area contributed by atoms with Crippen molar-refractivity contribution in [2.75, 3.05) is 25.9 Å². The molecule has 8 heteroatoms. The van der Waals surface area contributed by atoms with Crippen LogP contribution in [0, 0.1) is 0 Å². The van der Waals surface area contributed by atoms with E-state index in [1.54, 1.807) is 23.4 Å². The largest absolute Gasteiger partial charge is 0.338 e. The molecule has 2 aromatic rings. The number of piperidine rings is 1. The predicted molar refractivity (Wildman–Crippen MR) is 113 cm³/mol. The zero-order valence-corrected chi connectivity index (χ0v) is 17.5. The van der Waals surface area contributed by atoms with Gasteiger partial charge in [0.2, 0.25) is 10.0 Å². The van der Waals surface area contributed by atoms with Gasteiger partial charge in [-0.2, -0.15) is 4.31 Å². The Labute approximate surface area is 172 Å². The van der Waals surface area contributed by atoms with Gasteiger partial charge in [0, 0.05) is 44.6 Å². The van der Waals surface area contributed by atoms with E-state index in [4.69, 9.17) is 0 Å². The lowest BCUT2D eigenvalue weighted by Crippen LogP contribution is -2.53. The van der Waals surface area contributed by atoms with Gasteiger partial charge in [-0.1, -0.05) is 36.4 Å². The zero-order chi connectivity index (χ0) is 20.7. The van der Waals surface area contributed by atoms with Crippen molar-refractivity contribution < 1.29 is 13.2 Å². The second kappa shape index (κ2) is 9.84. The molecule has 0 aliphatic carbocycles. The van der Waals surface area contributed by atoms with Gasteiger partial charge >= 0.3 is 6.03 Å². The highest BCUT2D eigenvalue weighted by Gasteiger charge is 2.32. The quantitative estimate of drug-likeness (QED) is 0.751. The Balaban J connectivity index is 1.59. The summed E-state index contributed by atoms with van der Waals surface area (Å²) in [5, 5.41) is 2.96. The first-order chi connectivity index (χ1) is 13.9. The van der Waals surface area contributed by atoms with Crippen LogP contribution < -0.4 is 5.32 Å². The number of carbonyl (C=O) groups excluding carboxylic acids is 1. The third kappa shape index (κ3) is 6.27. The predicted octanol–water partition coefficient (Wildman–Crippen LogP) is 2.26. The smallest absolute Gasteiger partial charge is 0.317 e. The summed E-state index contributed by atoms with van der Waals surface area (Å²) < 4.78 is 26.3. The molecule has 1 aromatic carbocycles. The van der Waals surface area contributed by atoms with Gasteiger partial charge in [-0.25, -0.2) is 13.2 Å². The molecule has 3 rings (SSSR count). The molecule has 1 fully saturated rings. The fourth-order valence-corrected chi connectivity index (χ4v) is 4.73. The van der Waals surface area contributed by atoms with Crippen LogP contribution in [0.25, 0.3) is 0 Å². The van der Waals surface area contributed by atoms with Crippen molar-refractivity contribution >= 4 is 16.1 Å². The van der Waals surface area contributed by atoms with E-state index in [1.165, 1.54) is 16.1 Å². The van der Waals surface area contributed by atoms with Crippen molar-refractivity contribution in [2.45, 2.75) is 31.8 Å². The lowest BCUT2D eigenvalue weighted by atomic mass is 10.1. The van der Waals surface area contributed by atoms with Crippen LogP contribution in [0.2, 0.25) is 0 Å². The first-order valence-electron chi connectivity index (χ1n) is 9.86. The molecule has 156 valence electrons. The average Bonchev–Trinajstić information content (AvgIpc) is 2.73. The molecule has 0 bridgehead atoms. The van der Waals surface area contributed by atoms with Crippen LogP contribution in [0.4, 0.5) is 4.79 Å². The van der Waals surface area contributed by atoms with Crippen LogP contribution in [-0.4, -0.2) is 60.6 Å². The van der Waals surface area contributed by atoms with Crippen molar-refractivity contribution in [3.05, 3.63) is 66.0 Å². The summed E-state index contributed by atoms with van der Waals surface area (Å²) in [5.41, 5.74) is 2.01. The van der Waals surface area contributed by atoms with Crippen LogP contribution in [0.15, 0.2) is 54.9 Å². The molecule has 1 saturated heterocycles. The van der Waals surface area contributed by atoms with Crippen molar-refractivity contribution in [3.63, 3.8) is 0 Å². The van der Waals surface area contributed by atoms with E-state index in [-0.39, 0.29) is 18.6 Å². The van der Waals surface area contributed by atoms with Gasteiger partial charge in [-0.05, 0) is 36.5 Å². The van der Waals surface area contributed by atoms with Gasteiger partial charge in [-0.15, -0.1) is 0 Å². The summed E-state index contributed by atoms with van der Waals surface area (Å²) in [7, 11) is -3.42. The first-order valence-corrected chi connectivity index (χ1v) is 11.7.